The number of carboxylic acids is 1. The van der Waals surface area contributed by atoms with Gasteiger partial charge < -0.3 is 10.8 Å². The number of carbonyl (C=O) groups is 4. The average molecular weight is 363 g/mol. The number of carboxylic acid groups (broad SMARTS) is 1. The highest BCUT2D eigenvalue weighted by Crippen LogP contribution is 2.58. The zero-order valence-electron chi connectivity index (χ0n) is 13.6. The second-order valence-corrected chi connectivity index (χ2v) is 8.17. The summed E-state index contributed by atoms with van der Waals surface area (Å²) in [4.78, 5) is 51.3. The molecule has 1 aromatic rings. The molecule has 2 fully saturated rings. The van der Waals surface area contributed by atoms with E-state index in [0.717, 1.165) is 4.90 Å². The Kier molecular flexibility index (Phi) is 3.79. The van der Waals surface area contributed by atoms with Crippen molar-refractivity contribution in [2.45, 2.75) is 36.1 Å². The molecule has 1 aromatic carbocycles. The van der Waals surface area contributed by atoms with Crippen LogP contribution in [-0.4, -0.2) is 54.5 Å². The van der Waals surface area contributed by atoms with Gasteiger partial charge in [0.05, 0.1) is 16.5 Å². The van der Waals surface area contributed by atoms with Gasteiger partial charge in [-0.25, -0.2) is 14.5 Å². The van der Waals surface area contributed by atoms with Crippen molar-refractivity contribution in [3.8, 4) is 0 Å². The van der Waals surface area contributed by atoms with Gasteiger partial charge in [-0.3, -0.25) is 14.5 Å². The monoisotopic (exact) mass is 363 g/mol. The Morgan fingerprint density at radius 1 is 1.28 bits per heavy atom. The number of thioether (sulfide) groups is 1. The fourth-order valence-electron chi connectivity index (χ4n) is 3.53. The molecule has 0 unspecified atom stereocenters. The molecule has 2 aliphatic rings. The molecule has 2 saturated heterocycles. The molecule has 3 rings (SSSR count). The molecule has 132 valence electrons. The van der Waals surface area contributed by atoms with Crippen LogP contribution < -0.4 is 5.73 Å². The molecule has 8 nitrogen and oxygen atoms in total. The molecular formula is C16H17N3O5S. The molecule has 2 atom stereocenters. The third-order valence-electron chi connectivity index (χ3n) is 4.59. The van der Waals surface area contributed by atoms with Crippen LogP contribution in [0.25, 0.3) is 0 Å². The number of aliphatic carboxylic acids is 1. The molecule has 0 bridgehead atoms. The average Bonchev–Trinajstić information content (AvgIpc) is 2.71. The van der Waals surface area contributed by atoms with Crippen LogP contribution in [-0.2, 0) is 9.59 Å². The van der Waals surface area contributed by atoms with E-state index in [4.69, 9.17) is 5.73 Å². The minimum absolute atomic E-state index is 0.110. The lowest BCUT2D eigenvalue weighted by Gasteiger charge is -2.50. The van der Waals surface area contributed by atoms with Crippen LogP contribution in [0.2, 0.25) is 0 Å². The number of carbonyl (C=O) groups excluding carboxylic acids is 3. The molecule has 2 aliphatic heterocycles. The topological polar surface area (TPSA) is 121 Å². The van der Waals surface area contributed by atoms with E-state index in [1.165, 1.54) is 23.9 Å². The smallest absolute Gasteiger partial charge is 0.353 e. The second-order valence-electron chi connectivity index (χ2n) is 6.37. The molecule has 4 amide bonds. The number of nitrogens with zero attached hydrogens (tertiary/aromatic N) is 2. The minimum atomic E-state index is -2.18. The van der Waals surface area contributed by atoms with Crippen molar-refractivity contribution in [1.29, 1.82) is 0 Å². The number of imide groups is 1. The van der Waals surface area contributed by atoms with Crippen molar-refractivity contribution >= 4 is 35.6 Å². The van der Waals surface area contributed by atoms with Gasteiger partial charge in [-0.05, 0) is 26.0 Å². The van der Waals surface area contributed by atoms with E-state index >= 15 is 0 Å². The number of β-lactam (4-membered cyclic amide) rings is 1. The predicted molar refractivity (Wildman–Crippen MR) is 89.5 cm³/mol. The lowest BCUT2D eigenvalue weighted by molar-refractivity contribution is -0.178. The predicted octanol–water partition coefficient (Wildman–Crippen LogP) is 1.07. The second kappa shape index (κ2) is 5.48. The van der Waals surface area contributed by atoms with E-state index in [1.807, 2.05) is 0 Å². The first-order chi connectivity index (χ1) is 11.6. The number of primary amides is 1. The summed E-state index contributed by atoms with van der Waals surface area (Å²) in [5.74, 6) is -2.76. The van der Waals surface area contributed by atoms with Crippen LogP contribution in [0.1, 0.15) is 30.6 Å². The molecule has 0 spiro atoms. The normalized spacial score (nSPS) is 26.6. The highest BCUT2D eigenvalue weighted by Gasteiger charge is 2.74. The Hall–Kier alpha value is -2.55. The van der Waals surface area contributed by atoms with Gasteiger partial charge >= 0.3 is 12.0 Å². The van der Waals surface area contributed by atoms with Crippen molar-refractivity contribution in [2.75, 3.05) is 0 Å². The SMILES string of the molecule is CC1(C)S[C@@H]2CC(=O)N2[C@]1(C(=O)O)N(C(N)=O)C(=O)c1ccccc1. The Labute approximate surface area is 147 Å². The van der Waals surface area contributed by atoms with Crippen molar-refractivity contribution in [2.24, 2.45) is 5.73 Å². The van der Waals surface area contributed by atoms with Gasteiger partial charge in [-0.2, -0.15) is 0 Å². The van der Waals surface area contributed by atoms with Crippen molar-refractivity contribution in [3.05, 3.63) is 35.9 Å². The number of benzene rings is 1. The van der Waals surface area contributed by atoms with E-state index in [0.29, 0.717) is 4.90 Å². The Morgan fingerprint density at radius 3 is 2.36 bits per heavy atom. The molecule has 25 heavy (non-hydrogen) atoms. The van der Waals surface area contributed by atoms with Crippen LogP contribution in [0.3, 0.4) is 0 Å². The van der Waals surface area contributed by atoms with Crippen molar-refractivity contribution < 1.29 is 24.3 Å². The molecule has 2 heterocycles. The summed E-state index contributed by atoms with van der Waals surface area (Å²) in [5, 5.41) is 9.63. The molecule has 0 aromatic heterocycles. The maximum absolute atomic E-state index is 13.0. The number of rotatable bonds is 3. The van der Waals surface area contributed by atoms with Crippen LogP contribution >= 0.6 is 11.8 Å². The van der Waals surface area contributed by atoms with Crippen LogP contribution in [0.4, 0.5) is 4.79 Å². The van der Waals surface area contributed by atoms with Gasteiger partial charge in [-0.15, -0.1) is 11.8 Å². The summed E-state index contributed by atoms with van der Waals surface area (Å²) < 4.78 is -1.14. The van der Waals surface area contributed by atoms with Gasteiger partial charge in [0.15, 0.2) is 0 Å². The number of amides is 4. The summed E-state index contributed by atoms with van der Waals surface area (Å²) in [7, 11) is 0. The minimum Gasteiger partial charge on any atom is -0.478 e. The van der Waals surface area contributed by atoms with Gasteiger partial charge in [-0.1, -0.05) is 18.2 Å². The Balaban J connectivity index is 2.21. The van der Waals surface area contributed by atoms with Gasteiger partial charge in [0.25, 0.3) is 5.91 Å². The van der Waals surface area contributed by atoms with Crippen molar-refractivity contribution in [1.82, 2.24) is 9.80 Å². The lowest BCUT2D eigenvalue weighted by atomic mass is 9.87. The maximum Gasteiger partial charge on any atom is 0.353 e. The summed E-state index contributed by atoms with van der Waals surface area (Å²) >= 11 is 1.24. The first-order valence-electron chi connectivity index (χ1n) is 7.57. The summed E-state index contributed by atoms with van der Waals surface area (Å²) in [6.07, 6.45) is 0.162. The summed E-state index contributed by atoms with van der Waals surface area (Å²) in [6.45, 7) is 3.18. The zero-order chi connectivity index (χ0) is 18.6. The third-order valence-corrected chi connectivity index (χ3v) is 6.11. The summed E-state index contributed by atoms with van der Waals surface area (Å²) in [5.41, 5.74) is 3.36. The van der Waals surface area contributed by atoms with E-state index in [1.54, 1.807) is 32.0 Å². The molecular weight excluding hydrogens is 346 g/mol. The number of hydrogen-bond donors (Lipinski definition) is 2. The van der Waals surface area contributed by atoms with Gasteiger partial charge in [0.2, 0.25) is 11.6 Å². The standard InChI is InChI=1S/C16H17N3O5S/c1-15(2)16(13(22)23,18-10(20)8-11(18)25-15)19(14(17)24)12(21)9-6-4-3-5-7-9/h3-7,11H,8H2,1-2H3,(H2,17,24)(H,22,23)/t11-,16-/m1/s1. The summed E-state index contributed by atoms with van der Waals surface area (Å²) in [6, 6.07) is 6.56. The zero-order valence-corrected chi connectivity index (χ0v) is 14.4. The first kappa shape index (κ1) is 17.3. The quantitative estimate of drug-likeness (QED) is 0.775. The highest BCUT2D eigenvalue weighted by molar-refractivity contribution is 8.01. The van der Waals surface area contributed by atoms with Crippen LogP contribution in [0.5, 0.6) is 0 Å². The Morgan fingerprint density at radius 2 is 1.88 bits per heavy atom. The molecule has 0 saturated carbocycles. The third kappa shape index (κ3) is 2.15. The van der Waals surface area contributed by atoms with Gasteiger partial charge in [0.1, 0.15) is 0 Å². The molecule has 0 radical (unpaired) electrons. The van der Waals surface area contributed by atoms with Crippen LogP contribution in [0, 0.1) is 0 Å². The van der Waals surface area contributed by atoms with E-state index in [2.05, 4.69) is 0 Å². The van der Waals surface area contributed by atoms with E-state index < -0.39 is 39.6 Å². The number of fused-ring (bicyclic) bond motifs is 1. The molecule has 9 heteroatoms. The lowest BCUT2D eigenvalue weighted by Crippen LogP contribution is -2.77. The van der Waals surface area contributed by atoms with E-state index in [9.17, 15) is 24.3 Å². The number of hydrogen-bond acceptors (Lipinski definition) is 5. The maximum atomic E-state index is 13.0. The number of urea groups is 1. The van der Waals surface area contributed by atoms with Crippen LogP contribution in [0.15, 0.2) is 30.3 Å². The fraction of sp³-hybridized carbons (Fsp3) is 0.375. The van der Waals surface area contributed by atoms with Gasteiger partial charge in [0, 0.05) is 5.56 Å². The molecule has 0 aliphatic carbocycles. The molecule has 3 N–H and O–H groups in total. The largest absolute Gasteiger partial charge is 0.478 e. The van der Waals surface area contributed by atoms with Crippen molar-refractivity contribution in [3.63, 3.8) is 0 Å². The first-order valence-corrected chi connectivity index (χ1v) is 8.45. The fourth-order valence-corrected chi connectivity index (χ4v) is 5.26. The number of nitrogens with two attached hydrogens (primary N) is 1. The van der Waals surface area contributed by atoms with E-state index in [-0.39, 0.29) is 12.0 Å². The highest BCUT2D eigenvalue weighted by atomic mass is 32.2. The Bertz CT molecular complexity index is 781.